The van der Waals surface area contributed by atoms with Crippen molar-refractivity contribution >= 4 is 6.08 Å². The van der Waals surface area contributed by atoms with Crippen molar-refractivity contribution in [2.75, 3.05) is 21.3 Å². The molecule has 1 aromatic rings. The molecule has 0 saturated heterocycles. The summed E-state index contributed by atoms with van der Waals surface area (Å²) in [5, 5.41) is 9.49. The van der Waals surface area contributed by atoms with E-state index >= 15 is 0 Å². The van der Waals surface area contributed by atoms with Gasteiger partial charge in [-0.2, -0.15) is 0 Å². The van der Waals surface area contributed by atoms with E-state index in [9.17, 15) is 5.11 Å². The Labute approximate surface area is 120 Å². The molecule has 20 heavy (non-hydrogen) atoms. The van der Waals surface area contributed by atoms with Crippen LogP contribution in [0, 0.1) is 12.3 Å². The Kier molecular flexibility index (Phi) is 5.95. The van der Waals surface area contributed by atoms with Crippen molar-refractivity contribution in [1.82, 2.24) is 0 Å². The zero-order valence-corrected chi connectivity index (χ0v) is 12.1. The first kappa shape index (κ1) is 15.9. The standard InChI is InChI=1S/C16H20O4/c1-6-12(17)9-8-11-10-14(18-3)16(20-5)15(19-4)13(11)7-2/h1,7,10,12,17H,2,8-9H2,3-5H3. The predicted octanol–water partition coefficient (Wildman–Crippen LogP) is 2.28. The molecule has 0 bridgehead atoms. The van der Waals surface area contributed by atoms with E-state index in [4.69, 9.17) is 20.6 Å². The summed E-state index contributed by atoms with van der Waals surface area (Å²) in [4.78, 5) is 0. The van der Waals surface area contributed by atoms with Crippen molar-refractivity contribution in [3.63, 3.8) is 0 Å². The van der Waals surface area contributed by atoms with Crippen molar-refractivity contribution in [1.29, 1.82) is 0 Å². The number of hydrogen-bond acceptors (Lipinski definition) is 4. The van der Waals surface area contributed by atoms with Gasteiger partial charge in [0, 0.05) is 5.56 Å². The van der Waals surface area contributed by atoms with Gasteiger partial charge in [0.05, 0.1) is 21.3 Å². The Morgan fingerprint density at radius 1 is 1.30 bits per heavy atom. The second-order valence-electron chi connectivity index (χ2n) is 4.14. The summed E-state index contributed by atoms with van der Waals surface area (Å²) < 4.78 is 16.0. The Morgan fingerprint density at radius 2 is 1.95 bits per heavy atom. The summed E-state index contributed by atoms with van der Waals surface area (Å²) in [5.41, 5.74) is 1.75. The minimum absolute atomic E-state index is 0.454. The first-order chi connectivity index (χ1) is 9.62. The highest BCUT2D eigenvalue weighted by Gasteiger charge is 2.19. The number of rotatable bonds is 7. The van der Waals surface area contributed by atoms with Crippen LogP contribution in [0.1, 0.15) is 17.5 Å². The lowest BCUT2D eigenvalue weighted by Crippen LogP contribution is -2.06. The molecule has 0 aliphatic heterocycles. The lowest BCUT2D eigenvalue weighted by molar-refractivity contribution is 0.222. The van der Waals surface area contributed by atoms with Gasteiger partial charge < -0.3 is 19.3 Å². The maximum absolute atomic E-state index is 9.49. The Hall–Kier alpha value is -2.12. The zero-order chi connectivity index (χ0) is 15.1. The third kappa shape index (κ3) is 3.25. The van der Waals surface area contributed by atoms with E-state index in [0.29, 0.717) is 30.1 Å². The summed E-state index contributed by atoms with van der Waals surface area (Å²) in [5.74, 6) is 3.95. The van der Waals surface area contributed by atoms with Crippen LogP contribution in [-0.4, -0.2) is 32.5 Å². The van der Waals surface area contributed by atoms with Crippen LogP contribution in [0.2, 0.25) is 0 Å². The average molecular weight is 276 g/mol. The molecule has 1 aromatic carbocycles. The van der Waals surface area contributed by atoms with Gasteiger partial charge in [-0.15, -0.1) is 6.42 Å². The second kappa shape index (κ2) is 7.46. The van der Waals surface area contributed by atoms with Crippen molar-refractivity contribution in [2.24, 2.45) is 0 Å². The molecular weight excluding hydrogens is 256 g/mol. The maximum Gasteiger partial charge on any atom is 0.203 e. The minimum atomic E-state index is -0.772. The molecule has 0 spiro atoms. The molecule has 0 aromatic heterocycles. The summed E-state index contributed by atoms with van der Waals surface area (Å²) in [6, 6.07) is 1.85. The van der Waals surface area contributed by atoms with E-state index in [1.165, 1.54) is 0 Å². The number of aliphatic hydroxyl groups is 1. The summed E-state index contributed by atoms with van der Waals surface area (Å²) in [6.45, 7) is 3.80. The molecule has 0 saturated carbocycles. The fourth-order valence-corrected chi connectivity index (χ4v) is 2.04. The molecule has 0 aliphatic carbocycles. The largest absolute Gasteiger partial charge is 0.493 e. The highest BCUT2D eigenvalue weighted by Crippen LogP contribution is 2.42. The van der Waals surface area contributed by atoms with Gasteiger partial charge in [0.2, 0.25) is 5.75 Å². The van der Waals surface area contributed by atoms with Crippen LogP contribution in [0.3, 0.4) is 0 Å². The second-order valence-corrected chi connectivity index (χ2v) is 4.14. The lowest BCUT2D eigenvalue weighted by Gasteiger charge is -2.18. The Morgan fingerprint density at radius 3 is 2.40 bits per heavy atom. The highest BCUT2D eigenvalue weighted by molar-refractivity contribution is 5.69. The third-order valence-corrected chi connectivity index (χ3v) is 3.04. The van der Waals surface area contributed by atoms with E-state index < -0.39 is 6.10 Å². The monoisotopic (exact) mass is 276 g/mol. The van der Waals surface area contributed by atoms with Crippen LogP contribution in [-0.2, 0) is 6.42 Å². The quantitative estimate of drug-likeness (QED) is 0.776. The molecule has 1 rings (SSSR count). The molecule has 1 unspecified atom stereocenters. The maximum atomic E-state index is 9.49. The van der Waals surface area contributed by atoms with Crippen molar-refractivity contribution in [3.05, 3.63) is 23.8 Å². The smallest absolute Gasteiger partial charge is 0.203 e. The van der Waals surface area contributed by atoms with Crippen LogP contribution in [0.5, 0.6) is 17.2 Å². The molecular formula is C16H20O4. The van der Waals surface area contributed by atoms with Crippen LogP contribution in [0.25, 0.3) is 6.08 Å². The Bertz CT molecular complexity index is 514. The van der Waals surface area contributed by atoms with Crippen LogP contribution >= 0.6 is 0 Å². The number of ether oxygens (including phenoxy) is 3. The van der Waals surface area contributed by atoms with Gasteiger partial charge in [0.15, 0.2) is 11.5 Å². The van der Waals surface area contributed by atoms with E-state index in [1.807, 2.05) is 6.07 Å². The highest BCUT2D eigenvalue weighted by atomic mass is 16.5. The van der Waals surface area contributed by atoms with Crippen molar-refractivity contribution in [2.45, 2.75) is 18.9 Å². The minimum Gasteiger partial charge on any atom is -0.493 e. The normalized spacial score (nSPS) is 11.3. The van der Waals surface area contributed by atoms with Gasteiger partial charge in [-0.3, -0.25) is 0 Å². The topological polar surface area (TPSA) is 47.9 Å². The van der Waals surface area contributed by atoms with Gasteiger partial charge in [0.1, 0.15) is 6.10 Å². The number of methoxy groups -OCH3 is 3. The summed E-state index contributed by atoms with van der Waals surface area (Å²) >= 11 is 0. The van der Waals surface area contributed by atoms with Gasteiger partial charge in [0.25, 0.3) is 0 Å². The molecule has 0 aliphatic rings. The molecule has 0 amide bonds. The van der Waals surface area contributed by atoms with E-state index in [-0.39, 0.29) is 0 Å². The zero-order valence-electron chi connectivity index (χ0n) is 12.1. The molecule has 1 atom stereocenters. The van der Waals surface area contributed by atoms with Gasteiger partial charge >= 0.3 is 0 Å². The molecule has 0 heterocycles. The summed E-state index contributed by atoms with van der Waals surface area (Å²) in [7, 11) is 4.67. The number of aryl methyl sites for hydroxylation is 1. The van der Waals surface area contributed by atoms with Crippen molar-refractivity contribution in [3.8, 4) is 29.6 Å². The van der Waals surface area contributed by atoms with Gasteiger partial charge in [-0.05, 0) is 24.5 Å². The number of benzene rings is 1. The van der Waals surface area contributed by atoms with Crippen LogP contribution < -0.4 is 14.2 Å². The van der Waals surface area contributed by atoms with Crippen LogP contribution in [0.4, 0.5) is 0 Å². The van der Waals surface area contributed by atoms with E-state index in [2.05, 4.69) is 12.5 Å². The number of aliphatic hydroxyl groups excluding tert-OH is 1. The third-order valence-electron chi connectivity index (χ3n) is 3.04. The molecule has 108 valence electrons. The number of terminal acetylenes is 1. The fraction of sp³-hybridized carbons (Fsp3) is 0.375. The Balaban J connectivity index is 3.29. The van der Waals surface area contributed by atoms with E-state index in [1.54, 1.807) is 27.4 Å². The van der Waals surface area contributed by atoms with Gasteiger partial charge in [-0.1, -0.05) is 18.6 Å². The lowest BCUT2D eigenvalue weighted by atomic mass is 9.99. The first-order valence-electron chi connectivity index (χ1n) is 6.21. The average Bonchev–Trinajstić information content (AvgIpc) is 2.50. The van der Waals surface area contributed by atoms with Crippen molar-refractivity contribution < 1.29 is 19.3 Å². The molecule has 4 nitrogen and oxygen atoms in total. The predicted molar refractivity (Wildman–Crippen MR) is 79.3 cm³/mol. The van der Waals surface area contributed by atoms with Crippen LogP contribution in [0.15, 0.2) is 12.6 Å². The fourth-order valence-electron chi connectivity index (χ4n) is 2.04. The molecule has 1 N–H and O–H groups in total. The van der Waals surface area contributed by atoms with E-state index in [0.717, 1.165) is 11.1 Å². The molecule has 4 heteroatoms. The van der Waals surface area contributed by atoms with Gasteiger partial charge in [-0.25, -0.2) is 0 Å². The SMILES string of the molecule is C#CC(O)CCc1cc(OC)c(OC)c(OC)c1C=C. The first-order valence-corrected chi connectivity index (χ1v) is 6.21. The summed E-state index contributed by atoms with van der Waals surface area (Å²) in [6.07, 6.45) is 7.14. The molecule has 0 fully saturated rings. The molecule has 0 radical (unpaired) electrons. The number of hydrogen-bond donors (Lipinski definition) is 1.